The van der Waals surface area contributed by atoms with Crippen LogP contribution in [-0.2, 0) is 6.42 Å². The summed E-state index contributed by atoms with van der Waals surface area (Å²) in [6, 6.07) is 6.20. The molecule has 0 spiro atoms. The van der Waals surface area contributed by atoms with E-state index in [4.69, 9.17) is 0 Å². The lowest BCUT2D eigenvalue weighted by atomic mass is 9.93. The van der Waals surface area contributed by atoms with Crippen molar-refractivity contribution in [3.8, 4) is 0 Å². The lowest BCUT2D eigenvalue weighted by Crippen LogP contribution is -2.05. The monoisotopic (exact) mass is 191 g/mol. The largest absolute Gasteiger partial charge is 0.261 e. The molecule has 0 saturated heterocycles. The van der Waals surface area contributed by atoms with Crippen molar-refractivity contribution in [3.63, 3.8) is 0 Å². The van der Waals surface area contributed by atoms with E-state index in [0.717, 1.165) is 12.3 Å². The van der Waals surface area contributed by atoms with Gasteiger partial charge in [-0.05, 0) is 24.5 Å². The number of pyridine rings is 1. The van der Waals surface area contributed by atoms with Crippen molar-refractivity contribution in [2.24, 2.45) is 5.92 Å². The highest BCUT2D eigenvalue weighted by Gasteiger charge is 2.07. The fourth-order valence-corrected chi connectivity index (χ4v) is 1.98. The van der Waals surface area contributed by atoms with Crippen molar-refractivity contribution in [2.45, 2.75) is 46.0 Å². The van der Waals surface area contributed by atoms with Crippen LogP contribution in [0, 0.1) is 5.92 Å². The summed E-state index contributed by atoms with van der Waals surface area (Å²) in [6.07, 6.45) is 8.30. The zero-order valence-corrected chi connectivity index (χ0v) is 9.37. The third-order valence-electron chi connectivity index (χ3n) is 2.62. The summed E-state index contributed by atoms with van der Waals surface area (Å²) < 4.78 is 0. The summed E-state index contributed by atoms with van der Waals surface area (Å²) in [5.41, 5.74) is 1.25. The predicted molar refractivity (Wildman–Crippen MR) is 61.2 cm³/mol. The maximum atomic E-state index is 4.38. The van der Waals surface area contributed by atoms with Crippen LogP contribution in [0.2, 0.25) is 0 Å². The Bertz CT molecular complexity index is 224. The molecule has 1 aromatic rings. The van der Waals surface area contributed by atoms with Crippen molar-refractivity contribution in [1.82, 2.24) is 4.98 Å². The molecule has 0 aliphatic carbocycles. The minimum Gasteiger partial charge on any atom is -0.261 e. The molecule has 0 fully saturated rings. The molecule has 0 aliphatic rings. The van der Waals surface area contributed by atoms with E-state index in [0.29, 0.717) is 0 Å². The molecule has 1 heterocycles. The van der Waals surface area contributed by atoms with Gasteiger partial charge in [0.25, 0.3) is 0 Å². The van der Waals surface area contributed by atoms with Crippen molar-refractivity contribution >= 4 is 0 Å². The van der Waals surface area contributed by atoms with Crippen LogP contribution in [0.1, 0.15) is 45.2 Å². The quantitative estimate of drug-likeness (QED) is 0.665. The van der Waals surface area contributed by atoms with Crippen LogP contribution < -0.4 is 0 Å². The summed E-state index contributed by atoms with van der Waals surface area (Å²) in [6.45, 7) is 4.53. The first-order valence-corrected chi connectivity index (χ1v) is 5.76. The highest BCUT2D eigenvalue weighted by molar-refractivity contribution is 5.04. The number of rotatable bonds is 6. The van der Waals surface area contributed by atoms with Crippen LogP contribution in [0.15, 0.2) is 24.4 Å². The molecule has 1 nitrogen and oxygen atoms in total. The Labute approximate surface area is 87.6 Å². The van der Waals surface area contributed by atoms with E-state index < -0.39 is 0 Å². The van der Waals surface area contributed by atoms with Gasteiger partial charge in [0.15, 0.2) is 0 Å². The molecule has 0 aromatic carbocycles. The van der Waals surface area contributed by atoms with E-state index in [1.807, 2.05) is 12.3 Å². The van der Waals surface area contributed by atoms with Gasteiger partial charge in [0.1, 0.15) is 0 Å². The number of hydrogen-bond acceptors (Lipinski definition) is 1. The molecular weight excluding hydrogens is 170 g/mol. The Morgan fingerprint density at radius 3 is 2.36 bits per heavy atom. The topological polar surface area (TPSA) is 12.9 Å². The third-order valence-corrected chi connectivity index (χ3v) is 2.62. The molecule has 1 rings (SSSR count). The zero-order valence-electron chi connectivity index (χ0n) is 9.37. The molecule has 1 heteroatoms. The summed E-state index contributed by atoms with van der Waals surface area (Å²) in [4.78, 5) is 4.38. The van der Waals surface area contributed by atoms with E-state index in [9.17, 15) is 0 Å². The summed E-state index contributed by atoms with van der Waals surface area (Å²) >= 11 is 0. The van der Waals surface area contributed by atoms with Crippen LogP contribution in [0.5, 0.6) is 0 Å². The first-order chi connectivity index (χ1) is 6.86. The Morgan fingerprint density at radius 2 is 1.86 bits per heavy atom. The second-order valence-corrected chi connectivity index (χ2v) is 3.97. The van der Waals surface area contributed by atoms with Crippen LogP contribution in [-0.4, -0.2) is 4.98 Å². The SMILES string of the molecule is CCCC(CCC)Cc1ccccn1. The van der Waals surface area contributed by atoms with Crippen molar-refractivity contribution < 1.29 is 0 Å². The molecule has 0 radical (unpaired) electrons. The van der Waals surface area contributed by atoms with Gasteiger partial charge in [0.2, 0.25) is 0 Å². The number of aromatic nitrogens is 1. The summed E-state index contributed by atoms with van der Waals surface area (Å²) in [5, 5.41) is 0. The number of hydrogen-bond donors (Lipinski definition) is 0. The van der Waals surface area contributed by atoms with E-state index >= 15 is 0 Å². The van der Waals surface area contributed by atoms with E-state index in [1.54, 1.807) is 0 Å². The van der Waals surface area contributed by atoms with Crippen molar-refractivity contribution in [3.05, 3.63) is 30.1 Å². The Hall–Kier alpha value is -0.850. The Kier molecular flexibility index (Phi) is 5.28. The second kappa shape index (κ2) is 6.58. The average molecular weight is 191 g/mol. The van der Waals surface area contributed by atoms with Crippen LogP contribution in [0.3, 0.4) is 0 Å². The molecule has 0 bridgehead atoms. The minimum atomic E-state index is 0.833. The minimum absolute atomic E-state index is 0.833. The third kappa shape index (κ3) is 3.91. The normalized spacial score (nSPS) is 10.8. The molecule has 0 amide bonds. The summed E-state index contributed by atoms with van der Waals surface area (Å²) in [5.74, 6) is 0.833. The van der Waals surface area contributed by atoms with Gasteiger partial charge in [-0.1, -0.05) is 45.6 Å². The predicted octanol–water partition coefficient (Wildman–Crippen LogP) is 3.84. The van der Waals surface area contributed by atoms with Gasteiger partial charge in [-0.15, -0.1) is 0 Å². The average Bonchev–Trinajstić information content (AvgIpc) is 2.20. The highest BCUT2D eigenvalue weighted by atomic mass is 14.7. The lowest BCUT2D eigenvalue weighted by Gasteiger charge is -2.14. The van der Waals surface area contributed by atoms with Gasteiger partial charge < -0.3 is 0 Å². The van der Waals surface area contributed by atoms with E-state index in [1.165, 1.54) is 31.4 Å². The lowest BCUT2D eigenvalue weighted by molar-refractivity contribution is 0.434. The highest BCUT2D eigenvalue weighted by Crippen LogP contribution is 2.17. The maximum absolute atomic E-state index is 4.38. The molecule has 1 aromatic heterocycles. The molecular formula is C13H21N. The van der Waals surface area contributed by atoms with Crippen LogP contribution in [0.4, 0.5) is 0 Å². The molecule has 14 heavy (non-hydrogen) atoms. The van der Waals surface area contributed by atoms with Gasteiger partial charge in [-0.25, -0.2) is 0 Å². The van der Waals surface area contributed by atoms with Gasteiger partial charge in [0, 0.05) is 11.9 Å². The molecule has 0 atom stereocenters. The molecule has 0 aliphatic heterocycles. The van der Waals surface area contributed by atoms with E-state index in [2.05, 4.69) is 31.0 Å². The van der Waals surface area contributed by atoms with E-state index in [-0.39, 0.29) is 0 Å². The van der Waals surface area contributed by atoms with Gasteiger partial charge in [-0.3, -0.25) is 4.98 Å². The molecule has 0 N–H and O–H groups in total. The van der Waals surface area contributed by atoms with Gasteiger partial charge in [-0.2, -0.15) is 0 Å². The number of nitrogens with zero attached hydrogens (tertiary/aromatic N) is 1. The Morgan fingerprint density at radius 1 is 1.14 bits per heavy atom. The first kappa shape index (κ1) is 11.2. The standard InChI is InChI=1S/C13H21N/c1-3-7-12(8-4-2)11-13-9-5-6-10-14-13/h5-6,9-10,12H,3-4,7-8,11H2,1-2H3. The van der Waals surface area contributed by atoms with Gasteiger partial charge in [0.05, 0.1) is 0 Å². The molecule has 0 unspecified atom stereocenters. The molecule has 78 valence electrons. The van der Waals surface area contributed by atoms with Crippen molar-refractivity contribution in [1.29, 1.82) is 0 Å². The van der Waals surface area contributed by atoms with Crippen molar-refractivity contribution in [2.75, 3.05) is 0 Å². The van der Waals surface area contributed by atoms with Crippen LogP contribution in [0.25, 0.3) is 0 Å². The Balaban J connectivity index is 2.46. The van der Waals surface area contributed by atoms with Gasteiger partial charge >= 0.3 is 0 Å². The smallest absolute Gasteiger partial charge is 0.0406 e. The molecule has 0 saturated carbocycles. The summed E-state index contributed by atoms with van der Waals surface area (Å²) in [7, 11) is 0. The fraction of sp³-hybridized carbons (Fsp3) is 0.615. The second-order valence-electron chi connectivity index (χ2n) is 3.97. The van der Waals surface area contributed by atoms with Crippen LogP contribution >= 0.6 is 0 Å². The zero-order chi connectivity index (χ0) is 10.2. The first-order valence-electron chi connectivity index (χ1n) is 5.76. The fourth-order valence-electron chi connectivity index (χ4n) is 1.98. The maximum Gasteiger partial charge on any atom is 0.0406 e.